The number of aromatic nitrogens is 3. The van der Waals surface area contributed by atoms with Crippen molar-refractivity contribution in [3.05, 3.63) is 170 Å². The lowest BCUT2D eigenvalue weighted by molar-refractivity contribution is 0.114. The highest BCUT2D eigenvalue weighted by Gasteiger charge is 2.35. The maximum Gasteiger partial charge on any atom is 0.151 e. The zero-order chi connectivity index (χ0) is 38.4. The molecule has 12 rings (SSSR count). The van der Waals surface area contributed by atoms with Gasteiger partial charge in [0.2, 0.25) is 0 Å². The first-order valence-corrected chi connectivity index (χ1v) is 21.7. The molecule has 0 aliphatic carbocycles. The number of hydrogen-bond acceptors (Lipinski definition) is 4. The van der Waals surface area contributed by atoms with Gasteiger partial charge in [-0.3, -0.25) is 0 Å². The van der Waals surface area contributed by atoms with E-state index >= 15 is 0 Å². The fraction of sp³-hybridized carbons (Fsp3) is 0.0962. The summed E-state index contributed by atoms with van der Waals surface area (Å²) >= 11 is 3.51. The molecule has 0 saturated carbocycles. The van der Waals surface area contributed by atoms with Crippen LogP contribution >= 0.6 is 23.1 Å². The van der Waals surface area contributed by atoms with E-state index in [1.807, 2.05) is 0 Å². The molecule has 58 heavy (non-hydrogen) atoms. The van der Waals surface area contributed by atoms with Crippen LogP contribution in [0.25, 0.3) is 96.9 Å². The number of aliphatic hydroxyl groups is 1. The van der Waals surface area contributed by atoms with Crippen LogP contribution < -0.4 is 0 Å². The largest absolute Gasteiger partial charge is 0.396 e. The molecule has 0 aliphatic rings. The minimum Gasteiger partial charge on any atom is -0.396 e. The number of rotatable bonds is 8. The molecule has 12 aromatic rings. The summed E-state index contributed by atoms with van der Waals surface area (Å²) in [6, 6.07) is 61.6. The van der Waals surface area contributed by atoms with Gasteiger partial charge in [0.05, 0.1) is 16.8 Å². The van der Waals surface area contributed by atoms with Crippen molar-refractivity contribution in [1.82, 2.24) is 14.1 Å². The molecule has 6 heteroatoms. The lowest BCUT2D eigenvalue weighted by atomic mass is 9.90. The molecule has 278 valence electrons. The lowest BCUT2D eigenvalue weighted by Crippen LogP contribution is -2.38. The van der Waals surface area contributed by atoms with Crippen LogP contribution in [-0.2, 0) is 13.1 Å². The number of aliphatic hydroxyl groups excluding tert-OH is 1. The average Bonchev–Trinajstić information content (AvgIpc) is 3.95. The Morgan fingerprint density at radius 1 is 0.466 bits per heavy atom. The van der Waals surface area contributed by atoms with Gasteiger partial charge in [-0.1, -0.05) is 145 Å². The molecule has 0 bridgehead atoms. The van der Waals surface area contributed by atoms with Crippen LogP contribution in [-0.4, -0.2) is 31.6 Å². The maximum atomic E-state index is 12.1. The zero-order valence-corrected chi connectivity index (χ0v) is 33.2. The second-order valence-electron chi connectivity index (χ2n) is 15.8. The van der Waals surface area contributed by atoms with E-state index in [9.17, 15) is 5.11 Å². The van der Waals surface area contributed by atoms with Gasteiger partial charge in [0, 0.05) is 67.9 Å². The Morgan fingerprint density at radius 2 is 0.845 bits per heavy atom. The van der Waals surface area contributed by atoms with Crippen molar-refractivity contribution in [3.63, 3.8) is 0 Å². The smallest absolute Gasteiger partial charge is 0.151 e. The van der Waals surface area contributed by atoms with Gasteiger partial charge in [0.15, 0.2) is 4.34 Å². The molecule has 0 unspecified atom stereocenters. The fourth-order valence-corrected chi connectivity index (χ4v) is 11.9. The van der Waals surface area contributed by atoms with Gasteiger partial charge in [0.1, 0.15) is 0 Å². The molecular weight excluding hydrogens is 747 g/mol. The summed E-state index contributed by atoms with van der Waals surface area (Å²) in [5, 5.41) is 27.1. The summed E-state index contributed by atoms with van der Waals surface area (Å²) in [5.41, 5.74) is 5.17. The molecule has 0 spiro atoms. The highest BCUT2D eigenvalue weighted by Crippen LogP contribution is 2.45. The van der Waals surface area contributed by atoms with Gasteiger partial charge in [-0.25, -0.2) is 4.98 Å². The third-order valence-corrected chi connectivity index (χ3v) is 14.9. The molecule has 0 amide bonds. The summed E-state index contributed by atoms with van der Waals surface area (Å²) in [6.45, 7) is 1.22. The van der Waals surface area contributed by atoms with Crippen molar-refractivity contribution in [1.29, 1.82) is 0 Å². The molecule has 3 aromatic heterocycles. The van der Waals surface area contributed by atoms with Crippen molar-refractivity contribution in [2.45, 2.75) is 17.4 Å². The van der Waals surface area contributed by atoms with Crippen LogP contribution in [0.4, 0.5) is 0 Å². The predicted molar refractivity (Wildman–Crippen MR) is 249 cm³/mol. The third kappa shape index (κ3) is 5.15. The molecule has 4 nitrogen and oxygen atoms in total. The standard InChI is InChI=1S/C52H37N3OS2/c56-31-52(32-57-51-53-41-19-9-10-20-46(41)58-51,29-54-42-25-21-33-11-1-5-15-37(33)47(42)48-38-16-6-2-12-34(38)22-26-43(48)54)30-55-44-27-23-35-13-3-7-17-39(35)49(44)50-40-18-8-4-14-36(40)24-28-45(50)55/h1-28,56H,29-32H2. The van der Waals surface area contributed by atoms with E-state index in [1.165, 1.54) is 91.4 Å². The number of thiazole rings is 1. The Kier molecular flexibility index (Phi) is 7.71. The first-order chi connectivity index (χ1) is 28.7. The Morgan fingerprint density at radius 3 is 1.24 bits per heavy atom. The molecule has 9 aromatic carbocycles. The van der Waals surface area contributed by atoms with Gasteiger partial charge < -0.3 is 14.2 Å². The van der Waals surface area contributed by atoms with Crippen molar-refractivity contribution in [2.24, 2.45) is 5.41 Å². The van der Waals surface area contributed by atoms with E-state index < -0.39 is 5.41 Å². The number of benzene rings is 9. The summed E-state index contributed by atoms with van der Waals surface area (Å²) in [5.74, 6) is 0.675. The maximum absolute atomic E-state index is 12.1. The van der Waals surface area contributed by atoms with Gasteiger partial charge in [-0.05, 0) is 79.5 Å². The first kappa shape index (κ1) is 33.9. The number of hydrogen-bond donors (Lipinski definition) is 1. The Bertz CT molecular complexity index is 3180. The van der Waals surface area contributed by atoms with E-state index in [2.05, 4.69) is 179 Å². The van der Waals surface area contributed by atoms with Crippen molar-refractivity contribution < 1.29 is 5.11 Å². The first-order valence-electron chi connectivity index (χ1n) is 19.9. The number of nitrogens with zero attached hydrogens (tertiary/aromatic N) is 3. The van der Waals surface area contributed by atoms with Crippen molar-refractivity contribution >= 4 is 120 Å². The molecular formula is C52H37N3OS2. The van der Waals surface area contributed by atoms with Crippen LogP contribution in [0.2, 0.25) is 0 Å². The highest BCUT2D eigenvalue weighted by atomic mass is 32.2. The van der Waals surface area contributed by atoms with Crippen LogP contribution in [0.5, 0.6) is 0 Å². The molecule has 0 aliphatic heterocycles. The third-order valence-electron chi connectivity index (χ3n) is 12.4. The second kappa shape index (κ2) is 13.2. The van der Waals surface area contributed by atoms with Gasteiger partial charge >= 0.3 is 0 Å². The van der Waals surface area contributed by atoms with Gasteiger partial charge in [-0.15, -0.1) is 11.3 Å². The Balaban J connectivity index is 1.12. The Hall–Kier alpha value is -6.18. The van der Waals surface area contributed by atoms with Crippen LogP contribution in [0.1, 0.15) is 0 Å². The number of fused-ring (bicyclic) bond motifs is 15. The minimum atomic E-state index is -0.602. The summed E-state index contributed by atoms with van der Waals surface area (Å²) in [4.78, 5) is 5.07. The number of thioether (sulfide) groups is 1. The second-order valence-corrected chi connectivity index (χ2v) is 18.0. The molecule has 1 N–H and O–H groups in total. The van der Waals surface area contributed by atoms with Crippen LogP contribution in [0.3, 0.4) is 0 Å². The minimum absolute atomic E-state index is 0.00441. The normalized spacial score (nSPS) is 12.6. The molecule has 0 fully saturated rings. The van der Waals surface area contributed by atoms with Gasteiger partial charge in [0.25, 0.3) is 0 Å². The van der Waals surface area contributed by atoms with Gasteiger partial charge in [-0.2, -0.15) is 0 Å². The van der Waals surface area contributed by atoms with E-state index in [1.54, 1.807) is 23.1 Å². The topological polar surface area (TPSA) is 43.0 Å². The molecule has 3 heterocycles. The van der Waals surface area contributed by atoms with Crippen molar-refractivity contribution in [2.75, 3.05) is 12.4 Å². The average molecular weight is 784 g/mol. The van der Waals surface area contributed by atoms with E-state index in [4.69, 9.17) is 4.98 Å². The Labute approximate surface area is 342 Å². The molecule has 0 radical (unpaired) electrons. The molecule has 0 atom stereocenters. The number of para-hydroxylation sites is 1. The van der Waals surface area contributed by atoms with E-state index in [-0.39, 0.29) is 6.61 Å². The van der Waals surface area contributed by atoms with Crippen LogP contribution in [0.15, 0.2) is 174 Å². The monoisotopic (exact) mass is 783 g/mol. The van der Waals surface area contributed by atoms with E-state index in [0.29, 0.717) is 18.8 Å². The lowest BCUT2D eigenvalue weighted by Gasteiger charge is -2.34. The molecule has 0 saturated heterocycles. The highest BCUT2D eigenvalue weighted by molar-refractivity contribution is 8.01. The summed E-state index contributed by atoms with van der Waals surface area (Å²) in [7, 11) is 0. The summed E-state index contributed by atoms with van der Waals surface area (Å²) < 4.78 is 7.23. The summed E-state index contributed by atoms with van der Waals surface area (Å²) in [6.07, 6.45) is 0. The SMILES string of the molecule is OCC(CSc1nc2ccccc2s1)(Cn1c2ccc3ccccc3c2c2c3ccccc3ccc21)Cn1c2ccc3ccccc3c2c2c3ccccc3ccc21. The van der Waals surface area contributed by atoms with Crippen molar-refractivity contribution in [3.8, 4) is 0 Å². The zero-order valence-electron chi connectivity index (χ0n) is 31.6. The van der Waals surface area contributed by atoms with E-state index in [0.717, 1.165) is 9.86 Å². The predicted octanol–water partition coefficient (Wildman–Crippen LogP) is 13.6. The van der Waals surface area contributed by atoms with Crippen LogP contribution in [0, 0.1) is 5.41 Å². The quantitative estimate of drug-likeness (QED) is 0.156. The fourth-order valence-electron chi connectivity index (χ4n) is 9.68.